The highest BCUT2D eigenvalue weighted by atomic mass is 19.1. The first kappa shape index (κ1) is 19.2. The largest absolute Gasteiger partial charge is 0.478 e. The highest BCUT2D eigenvalue weighted by Crippen LogP contribution is 2.45. The van der Waals surface area contributed by atoms with Gasteiger partial charge in [-0.1, -0.05) is 33.8 Å². The molecular weight excluding hydrogens is 343 g/mol. The lowest BCUT2D eigenvalue weighted by Gasteiger charge is -2.41. The normalized spacial score (nSPS) is 17.9. The van der Waals surface area contributed by atoms with Crippen LogP contribution in [0.5, 0.6) is 0 Å². The summed E-state index contributed by atoms with van der Waals surface area (Å²) in [5.41, 5.74) is 3.61. The fraction of sp³-hybridized carbons (Fsp3) is 0.409. The number of carboxylic acid groups (broad SMARTS) is 1. The fourth-order valence-electron chi connectivity index (χ4n) is 3.66. The van der Waals surface area contributed by atoms with Gasteiger partial charge < -0.3 is 15.7 Å². The minimum absolute atomic E-state index is 0.000813. The second-order valence-corrected chi connectivity index (χ2v) is 8.43. The Hall–Kier alpha value is -2.56. The van der Waals surface area contributed by atoms with Gasteiger partial charge >= 0.3 is 5.97 Å². The number of fused-ring (bicyclic) bond motifs is 1. The van der Waals surface area contributed by atoms with E-state index in [4.69, 9.17) is 0 Å². The second-order valence-electron chi connectivity index (χ2n) is 8.43. The smallest absolute Gasteiger partial charge is 0.335 e. The van der Waals surface area contributed by atoms with E-state index >= 15 is 0 Å². The third-order valence-electron chi connectivity index (χ3n) is 5.10. The molecule has 3 rings (SSSR count). The molecule has 1 atom stereocenters. The van der Waals surface area contributed by atoms with E-state index in [1.807, 2.05) is 18.2 Å². The molecule has 0 radical (unpaired) electrons. The van der Waals surface area contributed by atoms with Crippen molar-refractivity contribution in [3.63, 3.8) is 0 Å². The molecular formula is C22H27FN2O2. The van der Waals surface area contributed by atoms with Crippen LogP contribution in [0.1, 0.15) is 55.2 Å². The minimum Gasteiger partial charge on any atom is -0.478 e. The number of carbonyl (C=O) groups is 1. The predicted octanol–water partition coefficient (Wildman–Crippen LogP) is 5.33. The molecule has 2 aromatic carbocycles. The zero-order chi connectivity index (χ0) is 19.8. The van der Waals surface area contributed by atoms with Crippen LogP contribution < -0.4 is 10.6 Å². The molecule has 1 heterocycles. The van der Waals surface area contributed by atoms with Crippen molar-refractivity contribution >= 4 is 17.3 Å². The highest BCUT2D eigenvalue weighted by Gasteiger charge is 2.36. The summed E-state index contributed by atoms with van der Waals surface area (Å²) in [5, 5.41) is 16.0. The fourth-order valence-corrected chi connectivity index (χ4v) is 3.66. The number of hydrogen-bond donors (Lipinski definition) is 3. The van der Waals surface area contributed by atoms with Crippen molar-refractivity contribution in [3.8, 4) is 0 Å². The zero-order valence-electron chi connectivity index (χ0n) is 16.3. The Bertz CT molecular complexity index is 861. The molecule has 0 fully saturated rings. The second kappa shape index (κ2) is 7.22. The summed E-state index contributed by atoms with van der Waals surface area (Å²) in [6, 6.07) is 10.4. The van der Waals surface area contributed by atoms with Gasteiger partial charge in [-0.3, -0.25) is 0 Å². The van der Waals surface area contributed by atoms with Gasteiger partial charge in [-0.05, 0) is 59.2 Å². The molecule has 0 bridgehead atoms. The standard InChI is InChI=1S/C22H27FN2O2/c1-13(2)12-24-19-10-14(5-7-17(19)23)20-22(3,4)11-16-9-15(21(26)27)6-8-18(16)25-20/h5-10,13,20,24-25H,11-12H2,1-4H3,(H,26,27). The Balaban J connectivity index is 1.93. The van der Waals surface area contributed by atoms with Gasteiger partial charge in [0.25, 0.3) is 0 Å². The SMILES string of the molecule is CC(C)CNc1cc(C2Nc3ccc(C(=O)O)cc3CC2(C)C)ccc1F. The first-order valence-electron chi connectivity index (χ1n) is 9.33. The summed E-state index contributed by atoms with van der Waals surface area (Å²) in [6.45, 7) is 9.17. The van der Waals surface area contributed by atoms with Crippen molar-refractivity contribution in [2.24, 2.45) is 11.3 Å². The molecule has 1 unspecified atom stereocenters. The summed E-state index contributed by atoms with van der Waals surface area (Å²) in [6.07, 6.45) is 0.743. The number of anilines is 2. The molecule has 144 valence electrons. The van der Waals surface area contributed by atoms with E-state index in [2.05, 4.69) is 38.3 Å². The van der Waals surface area contributed by atoms with Crippen molar-refractivity contribution in [1.82, 2.24) is 0 Å². The van der Waals surface area contributed by atoms with Crippen LogP contribution in [-0.2, 0) is 6.42 Å². The third-order valence-corrected chi connectivity index (χ3v) is 5.10. The van der Waals surface area contributed by atoms with Crippen LogP contribution in [0.4, 0.5) is 15.8 Å². The molecule has 3 N–H and O–H groups in total. The average Bonchev–Trinajstić information content (AvgIpc) is 2.59. The topological polar surface area (TPSA) is 61.4 Å². The van der Waals surface area contributed by atoms with Crippen LogP contribution in [0, 0.1) is 17.2 Å². The Labute approximate surface area is 159 Å². The van der Waals surface area contributed by atoms with Crippen molar-refractivity contribution in [2.45, 2.75) is 40.2 Å². The Morgan fingerprint density at radius 1 is 1.30 bits per heavy atom. The van der Waals surface area contributed by atoms with E-state index in [1.165, 1.54) is 6.07 Å². The number of nitrogens with one attached hydrogen (secondary N) is 2. The highest BCUT2D eigenvalue weighted by molar-refractivity contribution is 5.88. The molecule has 1 aliphatic rings. The number of halogens is 1. The van der Waals surface area contributed by atoms with Gasteiger partial charge in [0, 0.05) is 12.2 Å². The third kappa shape index (κ3) is 4.07. The van der Waals surface area contributed by atoms with Crippen molar-refractivity contribution in [2.75, 3.05) is 17.2 Å². The van der Waals surface area contributed by atoms with E-state index in [0.29, 0.717) is 23.7 Å². The van der Waals surface area contributed by atoms with Crippen LogP contribution in [0.2, 0.25) is 0 Å². The van der Waals surface area contributed by atoms with Crippen molar-refractivity contribution in [1.29, 1.82) is 0 Å². The molecule has 1 aliphatic heterocycles. The van der Waals surface area contributed by atoms with Gasteiger partial charge in [-0.25, -0.2) is 9.18 Å². The quantitative estimate of drug-likeness (QED) is 0.666. The Morgan fingerprint density at radius 2 is 2.04 bits per heavy atom. The van der Waals surface area contributed by atoms with Crippen LogP contribution in [0.3, 0.4) is 0 Å². The lowest BCUT2D eigenvalue weighted by molar-refractivity contribution is 0.0696. The molecule has 0 aliphatic carbocycles. The van der Waals surface area contributed by atoms with Crippen LogP contribution in [-0.4, -0.2) is 17.6 Å². The Kier molecular flexibility index (Phi) is 5.13. The molecule has 27 heavy (non-hydrogen) atoms. The first-order valence-corrected chi connectivity index (χ1v) is 9.33. The number of hydrogen-bond acceptors (Lipinski definition) is 3. The predicted molar refractivity (Wildman–Crippen MR) is 107 cm³/mol. The minimum atomic E-state index is -0.919. The molecule has 2 aromatic rings. The van der Waals surface area contributed by atoms with E-state index < -0.39 is 5.97 Å². The van der Waals surface area contributed by atoms with Crippen molar-refractivity contribution < 1.29 is 14.3 Å². The van der Waals surface area contributed by atoms with Gasteiger partial charge in [-0.15, -0.1) is 0 Å². The molecule has 4 nitrogen and oxygen atoms in total. The van der Waals surface area contributed by atoms with Gasteiger partial charge in [0.2, 0.25) is 0 Å². The van der Waals surface area contributed by atoms with Crippen LogP contribution in [0.25, 0.3) is 0 Å². The maximum Gasteiger partial charge on any atom is 0.335 e. The van der Waals surface area contributed by atoms with E-state index in [9.17, 15) is 14.3 Å². The summed E-state index contributed by atoms with van der Waals surface area (Å²) in [4.78, 5) is 11.2. The van der Waals surface area contributed by atoms with Gasteiger partial charge in [-0.2, -0.15) is 0 Å². The van der Waals surface area contributed by atoms with Crippen LogP contribution in [0.15, 0.2) is 36.4 Å². The summed E-state index contributed by atoms with van der Waals surface area (Å²) in [7, 11) is 0. The summed E-state index contributed by atoms with van der Waals surface area (Å²) in [5.74, 6) is -0.746. The number of carboxylic acids is 1. The number of aromatic carboxylic acids is 1. The molecule has 0 saturated carbocycles. The maximum absolute atomic E-state index is 14.2. The molecule has 5 heteroatoms. The summed E-state index contributed by atoms with van der Waals surface area (Å²) >= 11 is 0. The molecule has 0 amide bonds. The number of benzene rings is 2. The van der Waals surface area contributed by atoms with E-state index in [1.54, 1.807) is 12.1 Å². The summed E-state index contributed by atoms with van der Waals surface area (Å²) < 4.78 is 14.2. The Morgan fingerprint density at radius 3 is 2.70 bits per heavy atom. The molecule has 0 saturated heterocycles. The van der Waals surface area contributed by atoms with E-state index in [-0.39, 0.29) is 17.3 Å². The molecule has 0 aromatic heterocycles. The lowest BCUT2D eigenvalue weighted by Crippen LogP contribution is -2.35. The lowest BCUT2D eigenvalue weighted by atomic mass is 9.72. The van der Waals surface area contributed by atoms with Gasteiger partial charge in [0.15, 0.2) is 0 Å². The first-order chi connectivity index (χ1) is 12.7. The molecule has 0 spiro atoms. The number of rotatable bonds is 5. The van der Waals surface area contributed by atoms with Gasteiger partial charge in [0.1, 0.15) is 5.82 Å². The van der Waals surface area contributed by atoms with Gasteiger partial charge in [0.05, 0.1) is 17.3 Å². The average molecular weight is 370 g/mol. The monoisotopic (exact) mass is 370 g/mol. The zero-order valence-corrected chi connectivity index (χ0v) is 16.3. The maximum atomic E-state index is 14.2. The van der Waals surface area contributed by atoms with E-state index in [0.717, 1.165) is 23.2 Å². The van der Waals surface area contributed by atoms with Crippen LogP contribution >= 0.6 is 0 Å². The van der Waals surface area contributed by atoms with Crippen molar-refractivity contribution in [3.05, 3.63) is 58.9 Å².